The first-order chi connectivity index (χ1) is 9.86. The Labute approximate surface area is 117 Å². The van der Waals surface area contributed by atoms with Crippen molar-refractivity contribution in [1.82, 2.24) is 10.2 Å². The fourth-order valence-corrected chi connectivity index (χ4v) is 2.20. The van der Waals surface area contributed by atoms with E-state index in [1.54, 1.807) is 7.11 Å². The predicted molar refractivity (Wildman–Crippen MR) is 81.9 cm³/mol. The standard InChI is InChI=1S/C16H17N3O/c1-20-9-8-17-16-11-15(18-19-16)14-7-6-12-4-2-3-5-13(12)10-14/h2-7,10-11H,8-9H2,1H3,(H2,17,18,19). The average Bonchev–Trinajstić information content (AvgIpc) is 2.96. The largest absolute Gasteiger partial charge is 0.383 e. The fourth-order valence-electron chi connectivity index (χ4n) is 2.20. The van der Waals surface area contributed by atoms with Crippen molar-refractivity contribution >= 4 is 16.6 Å². The molecule has 1 heterocycles. The Morgan fingerprint density at radius 3 is 2.80 bits per heavy atom. The zero-order chi connectivity index (χ0) is 13.8. The molecule has 0 fully saturated rings. The minimum absolute atomic E-state index is 0.665. The Hall–Kier alpha value is -2.33. The number of benzene rings is 2. The second-order valence-electron chi connectivity index (χ2n) is 4.65. The number of fused-ring (bicyclic) bond motifs is 1. The zero-order valence-electron chi connectivity index (χ0n) is 11.4. The molecule has 0 saturated carbocycles. The van der Waals surface area contributed by atoms with Crippen LogP contribution in [0.4, 0.5) is 5.82 Å². The summed E-state index contributed by atoms with van der Waals surface area (Å²) in [4.78, 5) is 0. The van der Waals surface area contributed by atoms with Gasteiger partial charge in [-0.05, 0) is 16.8 Å². The molecule has 3 rings (SSSR count). The van der Waals surface area contributed by atoms with Crippen LogP contribution >= 0.6 is 0 Å². The number of anilines is 1. The number of methoxy groups -OCH3 is 1. The van der Waals surface area contributed by atoms with Crippen molar-refractivity contribution in [3.63, 3.8) is 0 Å². The van der Waals surface area contributed by atoms with E-state index >= 15 is 0 Å². The maximum Gasteiger partial charge on any atom is 0.148 e. The molecule has 4 nitrogen and oxygen atoms in total. The minimum Gasteiger partial charge on any atom is -0.383 e. The summed E-state index contributed by atoms with van der Waals surface area (Å²) in [6.45, 7) is 1.41. The summed E-state index contributed by atoms with van der Waals surface area (Å²) in [7, 11) is 1.69. The van der Waals surface area contributed by atoms with Gasteiger partial charge in [0, 0.05) is 25.3 Å². The summed E-state index contributed by atoms with van der Waals surface area (Å²) < 4.78 is 5.00. The molecule has 20 heavy (non-hydrogen) atoms. The first-order valence-corrected chi connectivity index (χ1v) is 6.64. The van der Waals surface area contributed by atoms with Gasteiger partial charge in [-0.25, -0.2) is 0 Å². The third-order valence-electron chi connectivity index (χ3n) is 3.25. The van der Waals surface area contributed by atoms with Crippen LogP contribution in [0.25, 0.3) is 22.0 Å². The van der Waals surface area contributed by atoms with Gasteiger partial charge in [0.05, 0.1) is 12.3 Å². The Balaban J connectivity index is 1.83. The highest BCUT2D eigenvalue weighted by atomic mass is 16.5. The van der Waals surface area contributed by atoms with Crippen LogP contribution in [0.15, 0.2) is 48.5 Å². The SMILES string of the molecule is COCCNc1cc(-c2ccc3ccccc3c2)[nH]n1. The van der Waals surface area contributed by atoms with Crippen molar-refractivity contribution in [3.8, 4) is 11.3 Å². The molecule has 3 aromatic rings. The number of nitrogens with one attached hydrogen (secondary N) is 2. The monoisotopic (exact) mass is 267 g/mol. The Bertz CT molecular complexity index is 706. The van der Waals surface area contributed by atoms with Crippen molar-refractivity contribution in [1.29, 1.82) is 0 Å². The second kappa shape index (κ2) is 5.75. The number of hydrogen-bond donors (Lipinski definition) is 2. The van der Waals surface area contributed by atoms with Gasteiger partial charge in [0.1, 0.15) is 5.82 Å². The molecule has 2 N–H and O–H groups in total. The maximum atomic E-state index is 5.00. The van der Waals surface area contributed by atoms with Gasteiger partial charge in [-0.2, -0.15) is 5.10 Å². The molecule has 0 aliphatic carbocycles. The number of H-pyrrole nitrogens is 1. The van der Waals surface area contributed by atoms with Gasteiger partial charge in [-0.3, -0.25) is 5.10 Å². The molecule has 2 aromatic carbocycles. The van der Waals surface area contributed by atoms with E-state index in [9.17, 15) is 0 Å². The summed E-state index contributed by atoms with van der Waals surface area (Å²) in [5.41, 5.74) is 2.15. The lowest BCUT2D eigenvalue weighted by Crippen LogP contribution is -2.07. The van der Waals surface area contributed by atoms with E-state index in [-0.39, 0.29) is 0 Å². The molecule has 1 aromatic heterocycles. The van der Waals surface area contributed by atoms with Gasteiger partial charge in [-0.15, -0.1) is 0 Å². The van der Waals surface area contributed by atoms with Crippen molar-refractivity contribution in [2.75, 3.05) is 25.6 Å². The van der Waals surface area contributed by atoms with E-state index in [1.165, 1.54) is 10.8 Å². The summed E-state index contributed by atoms with van der Waals surface area (Å²) in [5, 5.41) is 13.0. The van der Waals surface area contributed by atoms with E-state index in [0.717, 1.165) is 23.6 Å². The van der Waals surface area contributed by atoms with Crippen LogP contribution < -0.4 is 5.32 Å². The number of rotatable bonds is 5. The molecule has 0 radical (unpaired) electrons. The lowest BCUT2D eigenvalue weighted by molar-refractivity contribution is 0.210. The molecule has 0 amide bonds. The Morgan fingerprint density at radius 2 is 1.95 bits per heavy atom. The molecule has 0 aliphatic heterocycles. The van der Waals surface area contributed by atoms with Gasteiger partial charge < -0.3 is 10.1 Å². The number of aromatic amines is 1. The minimum atomic E-state index is 0.665. The van der Waals surface area contributed by atoms with E-state index < -0.39 is 0 Å². The van der Waals surface area contributed by atoms with Crippen LogP contribution in [0, 0.1) is 0 Å². The topological polar surface area (TPSA) is 49.9 Å². The van der Waals surface area contributed by atoms with Gasteiger partial charge in [0.15, 0.2) is 0 Å². The first kappa shape index (κ1) is 12.7. The normalized spacial score (nSPS) is 10.8. The number of aromatic nitrogens is 2. The summed E-state index contributed by atoms with van der Waals surface area (Å²) in [6, 6.07) is 16.8. The molecule has 0 aliphatic rings. The summed E-state index contributed by atoms with van der Waals surface area (Å²) in [5.74, 6) is 0.838. The van der Waals surface area contributed by atoms with Gasteiger partial charge >= 0.3 is 0 Å². The highest BCUT2D eigenvalue weighted by Crippen LogP contribution is 2.24. The molecule has 0 bridgehead atoms. The third-order valence-corrected chi connectivity index (χ3v) is 3.25. The van der Waals surface area contributed by atoms with Crippen molar-refractivity contribution in [2.45, 2.75) is 0 Å². The molecular formula is C16H17N3O. The second-order valence-corrected chi connectivity index (χ2v) is 4.65. The molecule has 0 unspecified atom stereocenters. The first-order valence-electron chi connectivity index (χ1n) is 6.64. The fraction of sp³-hybridized carbons (Fsp3) is 0.188. The van der Waals surface area contributed by atoms with Gasteiger partial charge in [-0.1, -0.05) is 36.4 Å². The third kappa shape index (κ3) is 2.65. The lowest BCUT2D eigenvalue weighted by atomic mass is 10.1. The van der Waals surface area contributed by atoms with Crippen molar-refractivity contribution < 1.29 is 4.74 Å². The predicted octanol–water partition coefficient (Wildman–Crippen LogP) is 3.29. The van der Waals surface area contributed by atoms with E-state index in [4.69, 9.17) is 4.74 Å². The number of ether oxygens (including phenoxy) is 1. The Morgan fingerprint density at radius 1 is 1.10 bits per heavy atom. The van der Waals surface area contributed by atoms with Crippen LogP contribution in [-0.4, -0.2) is 30.5 Å². The summed E-state index contributed by atoms with van der Waals surface area (Å²) in [6.07, 6.45) is 0. The number of hydrogen-bond acceptors (Lipinski definition) is 3. The molecule has 0 spiro atoms. The van der Waals surface area contributed by atoms with Crippen LogP contribution in [0.2, 0.25) is 0 Å². The van der Waals surface area contributed by atoms with Crippen molar-refractivity contribution in [3.05, 3.63) is 48.5 Å². The molecule has 4 heteroatoms. The zero-order valence-corrected chi connectivity index (χ0v) is 11.4. The smallest absolute Gasteiger partial charge is 0.148 e. The van der Waals surface area contributed by atoms with Crippen LogP contribution in [0.3, 0.4) is 0 Å². The van der Waals surface area contributed by atoms with Crippen molar-refractivity contribution in [2.24, 2.45) is 0 Å². The molecular weight excluding hydrogens is 250 g/mol. The van der Waals surface area contributed by atoms with E-state index in [0.29, 0.717) is 6.61 Å². The van der Waals surface area contributed by atoms with Crippen LogP contribution in [0.1, 0.15) is 0 Å². The van der Waals surface area contributed by atoms with E-state index in [2.05, 4.69) is 58.0 Å². The molecule has 0 atom stereocenters. The molecule has 102 valence electrons. The Kier molecular flexibility index (Phi) is 3.65. The highest BCUT2D eigenvalue weighted by Gasteiger charge is 2.04. The average molecular weight is 267 g/mol. The quantitative estimate of drug-likeness (QED) is 0.697. The summed E-state index contributed by atoms with van der Waals surface area (Å²) >= 11 is 0. The van der Waals surface area contributed by atoms with Crippen LogP contribution in [-0.2, 0) is 4.74 Å². The highest BCUT2D eigenvalue weighted by molar-refractivity contribution is 5.86. The van der Waals surface area contributed by atoms with E-state index in [1.807, 2.05) is 6.07 Å². The van der Waals surface area contributed by atoms with Gasteiger partial charge in [0.25, 0.3) is 0 Å². The number of nitrogens with zero attached hydrogens (tertiary/aromatic N) is 1. The molecule has 0 saturated heterocycles. The van der Waals surface area contributed by atoms with Gasteiger partial charge in [0.2, 0.25) is 0 Å². The maximum absolute atomic E-state index is 5.00. The van der Waals surface area contributed by atoms with Crippen LogP contribution in [0.5, 0.6) is 0 Å². The lowest BCUT2D eigenvalue weighted by Gasteiger charge is -2.01.